The lowest BCUT2D eigenvalue weighted by molar-refractivity contribution is -0.139. The zero-order valence-electron chi connectivity index (χ0n) is 10.9. The number of nitrogens with zero attached hydrogens (tertiary/aromatic N) is 2. The van der Waals surface area contributed by atoms with Crippen molar-refractivity contribution in [2.75, 3.05) is 46.5 Å². The summed E-state index contributed by atoms with van der Waals surface area (Å²) in [5, 5.41) is 9.05. The van der Waals surface area contributed by atoms with Gasteiger partial charge in [0.25, 0.3) is 0 Å². The van der Waals surface area contributed by atoms with Gasteiger partial charge in [-0.3, -0.25) is 4.79 Å². The van der Waals surface area contributed by atoms with Gasteiger partial charge in [0.1, 0.15) is 6.61 Å². The maximum atomic E-state index is 11.9. The standard InChI is InChI=1S/C12H24N2O3/c1-3-17-10-12(16)14(8-9-15)11-4-6-13(2)7-5-11/h11,15H,3-10H2,1-2H3. The molecule has 5 heteroatoms. The van der Waals surface area contributed by atoms with E-state index in [4.69, 9.17) is 9.84 Å². The number of hydrogen-bond acceptors (Lipinski definition) is 4. The molecule has 17 heavy (non-hydrogen) atoms. The average Bonchev–Trinajstić information content (AvgIpc) is 2.34. The molecule has 1 aliphatic rings. The number of likely N-dealkylation sites (tertiary alicyclic amines) is 1. The lowest BCUT2D eigenvalue weighted by Gasteiger charge is -2.37. The van der Waals surface area contributed by atoms with Crippen molar-refractivity contribution in [1.82, 2.24) is 9.80 Å². The summed E-state index contributed by atoms with van der Waals surface area (Å²) in [7, 11) is 2.09. The number of ether oxygens (including phenoxy) is 1. The highest BCUT2D eigenvalue weighted by atomic mass is 16.5. The first kappa shape index (κ1) is 14.4. The molecule has 0 radical (unpaired) electrons. The molecular weight excluding hydrogens is 220 g/mol. The Bertz CT molecular complexity index is 228. The third kappa shape index (κ3) is 4.61. The largest absolute Gasteiger partial charge is 0.395 e. The fourth-order valence-corrected chi connectivity index (χ4v) is 2.20. The second-order valence-corrected chi connectivity index (χ2v) is 4.48. The Hall–Kier alpha value is -0.650. The van der Waals surface area contributed by atoms with Crippen LogP contribution in [0, 0.1) is 0 Å². The molecule has 1 saturated heterocycles. The van der Waals surface area contributed by atoms with E-state index in [1.54, 1.807) is 4.90 Å². The summed E-state index contributed by atoms with van der Waals surface area (Å²) in [6.45, 7) is 5.00. The maximum absolute atomic E-state index is 11.9. The van der Waals surface area contributed by atoms with Crippen LogP contribution in [0.3, 0.4) is 0 Å². The monoisotopic (exact) mass is 244 g/mol. The number of amides is 1. The van der Waals surface area contributed by atoms with Crippen LogP contribution in [0.25, 0.3) is 0 Å². The Labute approximate surface area is 103 Å². The third-order valence-corrected chi connectivity index (χ3v) is 3.22. The van der Waals surface area contributed by atoms with Gasteiger partial charge in [0, 0.05) is 19.2 Å². The van der Waals surface area contributed by atoms with E-state index in [0.717, 1.165) is 25.9 Å². The predicted octanol–water partition coefficient (Wildman–Crippen LogP) is -0.0620. The minimum absolute atomic E-state index is 0.00421. The summed E-state index contributed by atoms with van der Waals surface area (Å²) in [4.78, 5) is 16.0. The zero-order valence-corrected chi connectivity index (χ0v) is 10.9. The molecule has 1 N–H and O–H groups in total. The molecule has 0 bridgehead atoms. The van der Waals surface area contributed by atoms with E-state index in [2.05, 4.69) is 11.9 Å². The topological polar surface area (TPSA) is 53.0 Å². The molecule has 0 aromatic heterocycles. The number of aliphatic hydroxyl groups excluding tert-OH is 1. The smallest absolute Gasteiger partial charge is 0.248 e. The van der Waals surface area contributed by atoms with Crippen LogP contribution < -0.4 is 0 Å². The van der Waals surface area contributed by atoms with Crippen LogP contribution in [0.5, 0.6) is 0 Å². The highest BCUT2D eigenvalue weighted by molar-refractivity contribution is 5.77. The lowest BCUT2D eigenvalue weighted by Crippen LogP contribution is -2.48. The third-order valence-electron chi connectivity index (χ3n) is 3.22. The fraction of sp³-hybridized carbons (Fsp3) is 0.917. The van der Waals surface area contributed by atoms with Crippen LogP contribution in [0.15, 0.2) is 0 Å². The Kier molecular flexibility index (Phi) is 6.47. The summed E-state index contributed by atoms with van der Waals surface area (Å²) in [6, 6.07) is 0.256. The van der Waals surface area contributed by atoms with Crippen molar-refractivity contribution < 1.29 is 14.6 Å². The highest BCUT2D eigenvalue weighted by Gasteiger charge is 2.26. The van der Waals surface area contributed by atoms with Crippen molar-refractivity contribution in [3.05, 3.63) is 0 Å². The average molecular weight is 244 g/mol. The molecule has 0 unspecified atom stereocenters. The summed E-state index contributed by atoms with van der Waals surface area (Å²) < 4.78 is 5.15. The molecule has 100 valence electrons. The van der Waals surface area contributed by atoms with Crippen molar-refractivity contribution in [3.63, 3.8) is 0 Å². The van der Waals surface area contributed by atoms with Crippen LogP contribution in [0.1, 0.15) is 19.8 Å². The van der Waals surface area contributed by atoms with E-state index >= 15 is 0 Å². The van der Waals surface area contributed by atoms with Crippen molar-refractivity contribution in [2.24, 2.45) is 0 Å². The van der Waals surface area contributed by atoms with Gasteiger partial charge < -0.3 is 19.6 Å². The SMILES string of the molecule is CCOCC(=O)N(CCO)C1CCN(C)CC1. The van der Waals surface area contributed by atoms with Crippen LogP contribution >= 0.6 is 0 Å². The van der Waals surface area contributed by atoms with Crippen molar-refractivity contribution in [1.29, 1.82) is 0 Å². The zero-order chi connectivity index (χ0) is 12.7. The second kappa shape index (κ2) is 7.63. The Morgan fingerprint density at radius 2 is 2.12 bits per heavy atom. The van der Waals surface area contributed by atoms with E-state index in [9.17, 15) is 4.79 Å². The quantitative estimate of drug-likeness (QED) is 0.711. The molecule has 0 aromatic carbocycles. The molecule has 0 saturated carbocycles. The van der Waals surface area contributed by atoms with Crippen molar-refractivity contribution in [2.45, 2.75) is 25.8 Å². The van der Waals surface area contributed by atoms with Gasteiger partial charge in [0.05, 0.1) is 6.61 Å². The first-order chi connectivity index (χ1) is 8.19. The van der Waals surface area contributed by atoms with Gasteiger partial charge >= 0.3 is 0 Å². The normalized spacial score (nSPS) is 18.3. The van der Waals surface area contributed by atoms with Gasteiger partial charge in [-0.05, 0) is 39.9 Å². The van der Waals surface area contributed by atoms with Gasteiger partial charge in [-0.15, -0.1) is 0 Å². The Morgan fingerprint density at radius 1 is 1.47 bits per heavy atom. The molecule has 0 atom stereocenters. The number of piperidine rings is 1. The van der Waals surface area contributed by atoms with Gasteiger partial charge in [-0.25, -0.2) is 0 Å². The summed E-state index contributed by atoms with van der Waals surface area (Å²) in [6.07, 6.45) is 1.96. The molecule has 1 rings (SSSR count). The second-order valence-electron chi connectivity index (χ2n) is 4.48. The van der Waals surface area contributed by atoms with Crippen LogP contribution in [0.2, 0.25) is 0 Å². The van der Waals surface area contributed by atoms with E-state index < -0.39 is 0 Å². The van der Waals surface area contributed by atoms with Gasteiger partial charge in [-0.2, -0.15) is 0 Å². The van der Waals surface area contributed by atoms with Crippen LogP contribution in [-0.4, -0.2) is 73.4 Å². The van der Waals surface area contributed by atoms with Gasteiger partial charge in [-0.1, -0.05) is 0 Å². The highest BCUT2D eigenvalue weighted by Crippen LogP contribution is 2.15. The van der Waals surface area contributed by atoms with E-state index in [-0.39, 0.29) is 25.2 Å². The Balaban J connectivity index is 2.49. The first-order valence-electron chi connectivity index (χ1n) is 6.35. The van der Waals surface area contributed by atoms with E-state index in [1.807, 2.05) is 6.92 Å². The summed E-state index contributed by atoms with van der Waals surface area (Å²) in [5.41, 5.74) is 0. The van der Waals surface area contributed by atoms with Crippen LogP contribution in [0.4, 0.5) is 0 Å². The van der Waals surface area contributed by atoms with E-state index in [1.165, 1.54) is 0 Å². The molecule has 0 spiro atoms. The minimum atomic E-state index is -0.00421. The molecule has 5 nitrogen and oxygen atoms in total. The molecule has 0 aliphatic carbocycles. The molecule has 0 aromatic rings. The van der Waals surface area contributed by atoms with Crippen molar-refractivity contribution >= 4 is 5.91 Å². The summed E-state index contributed by atoms with van der Waals surface area (Å²) >= 11 is 0. The number of carbonyl (C=O) groups excluding carboxylic acids is 1. The first-order valence-corrected chi connectivity index (χ1v) is 6.35. The number of hydrogen-bond donors (Lipinski definition) is 1. The van der Waals surface area contributed by atoms with Gasteiger partial charge in [0.2, 0.25) is 5.91 Å². The molecule has 1 amide bonds. The number of rotatable bonds is 6. The molecule has 1 heterocycles. The Morgan fingerprint density at radius 3 is 2.65 bits per heavy atom. The lowest BCUT2D eigenvalue weighted by atomic mass is 10.0. The summed E-state index contributed by atoms with van der Waals surface area (Å²) in [5.74, 6) is -0.00421. The minimum Gasteiger partial charge on any atom is -0.395 e. The van der Waals surface area contributed by atoms with E-state index in [0.29, 0.717) is 13.2 Å². The number of carbonyl (C=O) groups is 1. The maximum Gasteiger partial charge on any atom is 0.248 e. The number of aliphatic hydroxyl groups is 1. The molecular formula is C12H24N2O3. The van der Waals surface area contributed by atoms with Gasteiger partial charge in [0.15, 0.2) is 0 Å². The van der Waals surface area contributed by atoms with Crippen molar-refractivity contribution in [3.8, 4) is 0 Å². The molecule has 1 fully saturated rings. The fourth-order valence-electron chi connectivity index (χ4n) is 2.20. The predicted molar refractivity (Wildman–Crippen MR) is 65.8 cm³/mol. The molecule has 1 aliphatic heterocycles. The van der Waals surface area contributed by atoms with Crippen LogP contribution in [-0.2, 0) is 9.53 Å².